The van der Waals surface area contributed by atoms with Gasteiger partial charge in [0.1, 0.15) is 0 Å². The molecular weight excluding hydrogens is 200 g/mol. The van der Waals surface area contributed by atoms with Crippen molar-refractivity contribution in [2.45, 2.75) is 46.0 Å². The molecule has 2 fully saturated rings. The van der Waals surface area contributed by atoms with Gasteiger partial charge in [0.25, 0.3) is 0 Å². The topological polar surface area (TPSA) is 46.3 Å². The van der Waals surface area contributed by atoms with E-state index in [2.05, 4.69) is 18.7 Å². The molecule has 2 rings (SSSR count). The van der Waals surface area contributed by atoms with E-state index >= 15 is 0 Å². The molecule has 0 aromatic heterocycles. The Bertz CT molecular complexity index is 280. The van der Waals surface area contributed by atoms with Gasteiger partial charge in [-0.05, 0) is 24.7 Å². The van der Waals surface area contributed by atoms with E-state index in [1.54, 1.807) is 0 Å². The zero-order chi connectivity index (χ0) is 11.8. The summed E-state index contributed by atoms with van der Waals surface area (Å²) in [7, 11) is 0. The lowest BCUT2D eigenvalue weighted by atomic mass is 9.84. The van der Waals surface area contributed by atoms with Gasteiger partial charge >= 0.3 is 0 Å². The molecular formula is C13H24N2O. The van der Waals surface area contributed by atoms with Crippen molar-refractivity contribution in [2.75, 3.05) is 19.6 Å². The first-order valence-electron chi connectivity index (χ1n) is 6.49. The molecule has 1 saturated carbocycles. The highest BCUT2D eigenvalue weighted by Crippen LogP contribution is 2.41. The summed E-state index contributed by atoms with van der Waals surface area (Å²) in [6, 6.07) is 0. The lowest BCUT2D eigenvalue weighted by molar-refractivity contribution is -0.140. The Morgan fingerprint density at radius 1 is 1.25 bits per heavy atom. The third-order valence-electron chi connectivity index (χ3n) is 4.37. The molecule has 0 aromatic carbocycles. The highest BCUT2D eigenvalue weighted by molar-refractivity contribution is 5.83. The number of likely N-dealkylation sites (tertiary alicyclic amines) is 1. The van der Waals surface area contributed by atoms with E-state index in [4.69, 9.17) is 5.73 Å². The minimum absolute atomic E-state index is 0.208. The van der Waals surface area contributed by atoms with Crippen LogP contribution in [0.5, 0.6) is 0 Å². The number of hydrogen-bond donors (Lipinski definition) is 1. The Kier molecular flexibility index (Phi) is 2.99. The quantitative estimate of drug-likeness (QED) is 0.777. The number of amides is 1. The first-order valence-corrected chi connectivity index (χ1v) is 6.49. The highest BCUT2D eigenvalue weighted by Gasteiger charge is 2.44. The van der Waals surface area contributed by atoms with Crippen molar-refractivity contribution in [3.05, 3.63) is 0 Å². The van der Waals surface area contributed by atoms with Crippen molar-refractivity contribution in [3.63, 3.8) is 0 Å². The predicted octanol–water partition coefficient (Wildman–Crippen LogP) is 1.76. The van der Waals surface area contributed by atoms with Crippen LogP contribution in [0.4, 0.5) is 0 Å². The molecule has 3 heteroatoms. The number of hydrogen-bond acceptors (Lipinski definition) is 2. The molecule has 1 aliphatic heterocycles. The number of rotatable bonds is 2. The molecule has 2 N–H and O–H groups in total. The van der Waals surface area contributed by atoms with E-state index in [1.165, 1.54) is 12.8 Å². The molecule has 0 spiro atoms. The van der Waals surface area contributed by atoms with Gasteiger partial charge in [0, 0.05) is 19.6 Å². The van der Waals surface area contributed by atoms with Crippen LogP contribution in [0.15, 0.2) is 0 Å². The van der Waals surface area contributed by atoms with Crippen molar-refractivity contribution in [1.82, 2.24) is 4.90 Å². The summed E-state index contributed by atoms with van der Waals surface area (Å²) in [5.74, 6) is 0.332. The third kappa shape index (κ3) is 1.97. The van der Waals surface area contributed by atoms with Gasteiger partial charge < -0.3 is 10.6 Å². The summed E-state index contributed by atoms with van der Waals surface area (Å²) in [5, 5.41) is 0. The van der Waals surface area contributed by atoms with Gasteiger partial charge in [-0.25, -0.2) is 0 Å². The van der Waals surface area contributed by atoms with Gasteiger partial charge in [0.2, 0.25) is 5.91 Å². The Labute approximate surface area is 98.4 Å². The van der Waals surface area contributed by atoms with Crippen LogP contribution in [-0.4, -0.2) is 30.4 Å². The normalized spacial score (nSPS) is 27.3. The molecule has 2 aliphatic rings. The summed E-state index contributed by atoms with van der Waals surface area (Å²) in [6.45, 7) is 6.85. The molecule has 16 heavy (non-hydrogen) atoms. The lowest BCUT2D eigenvalue weighted by Crippen LogP contribution is -2.46. The lowest BCUT2D eigenvalue weighted by Gasteiger charge is -2.31. The highest BCUT2D eigenvalue weighted by atomic mass is 16.2. The zero-order valence-electron chi connectivity index (χ0n) is 10.6. The van der Waals surface area contributed by atoms with Crippen LogP contribution in [-0.2, 0) is 4.79 Å². The van der Waals surface area contributed by atoms with Gasteiger partial charge in [0.05, 0.1) is 5.41 Å². The van der Waals surface area contributed by atoms with Crippen LogP contribution in [0.1, 0.15) is 46.0 Å². The van der Waals surface area contributed by atoms with Crippen molar-refractivity contribution in [2.24, 2.45) is 16.6 Å². The molecule has 1 heterocycles. The smallest absolute Gasteiger partial charge is 0.230 e. The van der Waals surface area contributed by atoms with Gasteiger partial charge in [-0.15, -0.1) is 0 Å². The monoisotopic (exact) mass is 224 g/mol. The minimum atomic E-state index is -0.208. The van der Waals surface area contributed by atoms with Gasteiger partial charge in [-0.3, -0.25) is 4.79 Å². The Morgan fingerprint density at radius 2 is 1.88 bits per heavy atom. The van der Waals surface area contributed by atoms with Crippen molar-refractivity contribution < 1.29 is 4.79 Å². The summed E-state index contributed by atoms with van der Waals surface area (Å²) in [4.78, 5) is 14.6. The molecule has 1 aliphatic carbocycles. The van der Waals surface area contributed by atoms with E-state index < -0.39 is 0 Å². The number of carbonyl (C=O) groups is 1. The van der Waals surface area contributed by atoms with E-state index in [0.29, 0.717) is 17.9 Å². The fraction of sp³-hybridized carbons (Fsp3) is 0.923. The molecule has 3 nitrogen and oxygen atoms in total. The largest absolute Gasteiger partial charge is 0.342 e. The van der Waals surface area contributed by atoms with Crippen molar-refractivity contribution in [1.29, 1.82) is 0 Å². The van der Waals surface area contributed by atoms with Crippen LogP contribution in [0.3, 0.4) is 0 Å². The summed E-state index contributed by atoms with van der Waals surface area (Å²) in [5.41, 5.74) is 5.95. The molecule has 92 valence electrons. The summed E-state index contributed by atoms with van der Waals surface area (Å²) < 4.78 is 0. The second-order valence-corrected chi connectivity index (χ2v) is 6.33. The Morgan fingerprint density at radius 3 is 2.31 bits per heavy atom. The molecule has 1 amide bonds. The minimum Gasteiger partial charge on any atom is -0.342 e. The molecule has 0 aromatic rings. The van der Waals surface area contributed by atoms with Crippen molar-refractivity contribution >= 4 is 5.91 Å². The standard InChI is InChI=1S/C13H24N2O/c1-12(2)7-8-15(10-12)11(16)13(9-14)5-3-4-6-13/h3-10,14H2,1-2H3. The Balaban J connectivity index is 2.07. The Hall–Kier alpha value is -0.570. The number of nitrogens with two attached hydrogens (primary N) is 1. The number of nitrogens with zero attached hydrogens (tertiary/aromatic N) is 1. The molecule has 0 bridgehead atoms. The third-order valence-corrected chi connectivity index (χ3v) is 4.37. The van der Waals surface area contributed by atoms with Crippen LogP contribution in [0, 0.1) is 10.8 Å². The maximum Gasteiger partial charge on any atom is 0.230 e. The van der Waals surface area contributed by atoms with Crippen LogP contribution in [0.25, 0.3) is 0 Å². The summed E-state index contributed by atoms with van der Waals surface area (Å²) in [6.07, 6.45) is 5.46. The maximum atomic E-state index is 12.5. The predicted molar refractivity (Wildman–Crippen MR) is 64.9 cm³/mol. The SMILES string of the molecule is CC1(C)CCN(C(=O)C2(CN)CCCC2)C1. The van der Waals surface area contributed by atoms with E-state index in [-0.39, 0.29) is 5.41 Å². The van der Waals surface area contributed by atoms with E-state index in [0.717, 1.165) is 32.4 Å². The number of carbonyl (C=O) groups excluding carboxylic acids is 1. The first kappa shape index (κ1) is 11.9. The fourth-order valence-electron chi connectivity index (χ4n) is 3.18. The fourth-order valence-corrected chi connectivity index (χ4v) is 3.18. The van der Waals surface area contributed by atoms with E-state index in [9.17, 15) is 4.79 Å². The second-order valence-electron chi connectivity index (χ2n) is 6.33. The first-order chi connectivity index (χ1) is 7.49. The summed E-state index contributed by atoms with van der Waals surface area (Å²) >= 11 is 0. The molecule has 0 atom stereocenters. The van der Waals surface area contributed by atoms with Gasteiger partial charge in [-0.1, -0.05) is 26.7 Å². The molecule has 0 unspecified atom stereocenters. The molecule has 1 saturated heterocycles. The zero-order valence-corrected chi connectivity index (χ0v) is 10.6. The second kappa shape index (κ2) is 4.02. The maximum absolute atomic E-state index is 12.5. The van der Waals surface area contributed by atoms with E-state index in [1.807, 2.05) is 0 Å². The average molecular weight is 224 g/mol. The van der Waals surface area contributed by atoms with Crippen LogP contribution >= 0.6 is 0 Å². The van der Waals surface area contributed by atoms with Crippen LogP contribution in [0.2, 0.25) is 0 Å². The molecule has 0 radical (unpaired) electrons. The van der Waals surface area contributed by atoms with Crippen molar-refractivity contribution in [3.8, 4) is 0 Å². The van der Waals surface area contributed by atoms with Gasteiger partial charge in [-0.2, -0.15) is 0 Å². The van der Waals surface area contributed by atoms with Crippen LogP contribution < -0.4 is 5.73 Å². The average Bonchev–Trinajstić information content (AvgIpc) is 2.84. The van der Waals surface area contributed by atoms with Gasteiger partial charge in [0.15, 0.2) is 0 Å².